The van der Waals surface area contributed by atoms with Crippen molar-refractivity contribution in [1.29, 1.82) is 0 Å². The number of imidazole rings is 1. The number of nitrogens with zero attached hydrogens (tertiary/aromatic N) is 4. The summed E-state index contributed by atoms with van der Waals surface area (Å²) in [7, 11) is 0. The minimum atomic E-state index is -1.19. The Morgan fingerprint density at radius 3 is 2.59 bits per heavy atom. The normalized spacial score (nSPS) is 14.4. The molecule has 1 unspecified atom stereocenters. The third-order valence-corrected chi connectivity index (χ3v) is 7.20. The third-order valence-electron chi connectivity index (χ3n) is 6.95. The molecule has 0 saturated heterocycles. The number of hydrogen-bond donors (Lipinski definition) is 2. The number of fused-ring (bicyclic) bond motifs is 1. The first-order valence-corrected chi connectivity index (χ1v) is 13.0. The maximum Gasteiger partial charge on any atom is 0.374 e. The summed E-state index contributed by atoms with van der Waals surface area (Å²) in [5.41, 5.74) is 3.85. The lowest BCUT2D eigenvalue weighted by atomic mass is 9.80. The second-order valence-corrected chi connectivity index (χ2v) is 10.0. The summed E-state index contributed by atoms with van der Waals surface area (Å²) in [5, 5.41) is 13.9. The van der Waals surface area contributed by atoms with Crippen LogP contribution >= 0.6 is 11.6 Å². The number of halogens is 1. The summed E-state index contributed by atoms with van der Waals surface area (Å²) in [6, 6.07) is 13.7. The van der Waals surface area contributed by atoms with Crippen molar-refractivity contribution in [3.63, 3.8) is 0 Å². The number of aromatic carboxylic acids is 1. The minimum Gasteiger partial charge on any atom is -0.493 e. The fourth-order valence-electron chi connectivity index (χ4n) is 4.74. The van der Waals surface area contributed by atoms with Gasteiger partial charge in [-0.25, -0.2) is 19.7 Å². The van der Waals surface area contributed by atoms with E-state index in [1.165, 1.54) is 6.42 Å². The summed E-state index contributed by atoms with van der Waals surface area (Å²) < 4.78 is 8.00. The Labute approximate surface area is 220 Å². The molecule has 37 heavy (non-hydrogen) atoms. The van der Waals surface area contributed by atoms with Gasteiger partial charge < -0.3 is 19.7 Å². The molecule has 5 rings (SSSR count). The van der Waals surface area contributed by atoms with Crippen LogP contribution in [0, 0.1) is 12.8 Å². The van der Waals surface area contributed by atoms with E-state index in [-0.39, 0.29) is 11.9 Å². The SMILES string of the molecule is CCOc1ccc(C)cc1-c1nc2nc(C(=O)O)nc(NC(C)C3CCC3)c2n1Cc1ccc(Cl)cc1. The van der Waals surface area contributed by atoms with Gasteiger partial charge in [-0.3, -0.25) is 0 Å². The van der Waals surface area contributed by atoms with Crippen molar-refractivity contribution in [2.45, 2.75) is 52.6 Å². The highest BCUT2D eigenvalue weighted by atomic mass is 35.5. The molecular formula is C28H30ClN5O3. The summed E-state index contributed by atoms with van der Waals surface area (Å²) >= 11 is 6.15. The summed E-state index contributed by atoms with van der Waals surface area (Å²) in [5.74, 6) is 0.845. The van der Waals surface area contributed by atoms with Gasteiger partial charge in [-0.15, -0.1) is 0 Å². The molecule has 8 nitrogen and oxygen atoms in total. The number of anilines is 1. The molecule has 2 N–H and O–H groups in total. The highest BCUT2D eigenvalue weighted by molar-refractivity contribution is 6.30. The third kappa shape index (κ3) is 5.11. The van der Waals surface area contributed by atoms with E-state index in [1.54, 1.807) is 0 Å². The molecule has 1 atom stereocenters. The van der Waals surface area contributed by atoms with Crippen LogP contribution in [0.4, 0.5) is 5.82 Å². The monoisotopic (exact) mass is 519 g/mol. The van der Waals surface area contributed by atoms with Gasteiger partial charge in [-0.05, 0) is 69.4 Å². The molecule has 2 heterocycles. The van der Waals surface area contributed by atoms with Gasteiger partial charge in [-0.2, -0.15) is 0 Å². The van der Waals surface area contributed by atoms with Crippen molar-refractivity contribution < 1.29 is 14.6 Å². The van der Waals surface area contributed by atoms with E-state index in [0.29, 0.717) is 52.6 Å². The predicted molar refractivity (Wildman–Crippen MR) is 145 cm³/mol. The van der Waals surface area contributed by atoms with Gasteiger partial charge in [0.25, 0.3) is 0 Å². The van der Waals surface area contributed by atoms with E-state index >= 15 is 0 Å². The van der Waals surface area contributed by atoms with E-state index in [1.807, 2.05) is 60.9 Å². The molecule has 0 bridgehead atoms. The van der Waals surface area contributed by atoms with Crippen LogP contribution < -0.4 is 10.1 Å². The number of ether oxygens (including phenoxy) is 1. The molecule has 0 amide bonds. The van der Waals surface area contributed by atoms with Crippen molar-refractivity contribution in [1.82, 2.24) is 19.5 Å². The number of carboxylic acid groups (broad SMARTS) is 1. The molecule has 0 spiro atoms. The highest BCUT2D eigenvalue weighted by Crippen LogP contribution is 2.36. The van der Waals surface area contributed by atoms with Crippen LogP contribution in [-0.4, -0.2) is 43.2 Å². The predicted octanol–water partition coefficient (Wildman–Crippen LogP) is 6.20. The van der Waals surface area contributed by atoms with E-state index < -0.39 is 5.97 Å². The van der Waals surface area contributed by atoms with Gasteiger partial charge in [0.05, 0.1) is 12.2 Å². The number of aryl methyl sites for hydroxylation is 1. The van der Waals surface area contributed by atoms with E-state index in [4.69, 9.17) is 21.3 Å². The summed E-state index contributed by atoms with van der Waals surface area (Å²) in [4.78, 5) is 25.6. The lowest BCUT2D eigenvalue weighted by Crippen LogP contribution is -2.31. The lowest BCUT2D eigenvalue weighted by molar-refractivity contribution is 0.0684. The molecule has 192 valence electrons. The summed E-state index contributed by atoms with van der Waals surface area (Å²) in [6.07, 6.45) is 3.50. The Morgan fingerprint density at radius 1 is 1.19 bits per heavy atom. The molecule has 4 aromatic rings. The maximum absolute atomic E-state index is 11.9. The number of aromatic nitrogens is 4. The van der Waals surface area contributed by atoms with Crippen LogP contribution in [0.3, 0.4) is 0 Å². The minimum absolute atomic E-state index is 0.133. The smallest absolute Gasteiger partial charge is 0.374 e. The van der Waals surface area contributed by atoms with Crippen LogP contribution in [0.25, 0.3) is 22.6 Å². The van der Waals surface area contributed by atoms with Crippen molar-refractivity contribution in [2.24, 2.45) is 5.92 Å². The Morgan fingerprint density at radius 2 is 1.95 bits per heavy atom. The largest absolute Gasteiger partial charge is 0.493 e. The Hall–Kier alpha value is -3.65. The average molecular weight is 520 g/mol. The number of nitrogens with one attached hydrogen (secondary N) is 1. The van der Waals surface area contributed by atoms with Gasteiger partial charge in [-0.1, -0.05) is 41.8 Å². The van der Waals surface area contributed by atoms with E-state index in [9.17, 15) is 9.90 Å². The first-order chi connectivity index (χ1) is 17.8. The molecule has 2 aromatic heterocycles. The van der Waals surface area contributed by atoms with Crippen LogP contribution in [0.5, 0.6) is 5.75 Å². The first-order valence-electron chi connectivity index (χ1n) is 12.6. The highest BCUT2D eigenvalue weighted by Gasteiger charge is 2.28. The summed E-state index contributed by atoms with van der Waals surface area (Å²) in [6.45, 7) is 7.04. The zero-order chi connectivity index (χ0) is 26.1. The second-order valence-electron chi connectivity index (χ2n) is 9.58. The zero-order valence-corrected chi connectivity index (χ0v) is 21.9. The van der Waals surface area contributed by atoms with Crippen LogP contribution in [0.15, 0.2) is 42.5 Å². The van der Waals surface area contributed by atoms with Crippen molar-refractivity contribution >= 4 is 34.6 Å². The van der Waals surface area contributed by atoms with Gasteiger partial charge in [0.1, 0.15) is 17.1 Å². The van der Waals surface area contributed by atoms with Gasteiger partial charge in [0, 0.05) is 17.6 Å². The van der Waals surface area contributed by atoms with E-state index in [2.05, 4.69) is 22.2 Å². The number of carboxylic acids is 1. The van der Waals surface area contributed by atoms with Crippen molar-refractivity contribution in [3.8, 4) is 17.1 Å². The number of rotatable bonds is 9. The lowest BCUT2D eigenvalue weighted by Gasteiger charge is -2.32. The van der Waals surface area contributed by atoms with Crippen LogP contribution in [0.2, 0.25) is 5.02 Å². The molecule has 0 aliphatic heterocycles. The van der Waals surface area contributed by atoms with Gasteiger partial charge >= 0.3 is 5.97 Å². The van der Waals surface area contributed by atoms with Gasteiger partial charge in [0.2, 0.25) is 5.82 Å². The molecule has 1 aliphatic rings. The quantitative estimate of drug-likeness (QED) is 0.271. The second kappa shape index (κ2) is 10.4. The van der Waals surface area contributed by atoms with Crippen molar-refractivity contribution in [3.05, 3.63) is 64.4 Å². The number of carbonyl (C=O) groups is 1. The maximum atomic E-state index is 11.9. The molecule has 2 aromatic carbocycles. The van der Waals surface area contributed by atoms with Crippen LogP contribution in [-0.2, 0) is 6.54 Å². The first kappa shape index (κ1) is 25.0. The molecule has 1 saturated carbocycles. The zero-order valence-electron chi connectivity index (χ0n) is 21.2. The molecule has 0 radical (unpaired) electrons. The number of hydrogen-bond acceptors (Lipinski definition) is 6. The fourth-order valence-corrected chi connectivity index (χ4v) is 4.86. The fraction of sp³-hybridized carbons (Fsp3) is 0.357. The van der Waals surface area contributed by atoms with E-state index in [0.717, 1.165) is 29.5 Å². The molecule has 9 heteroatoms. The van der Waals surface area contributed by atoms with Crippen molar-refractivity contribution in [2.75, 3.05) is 11.9 Å². The molecule has 1 aliphatic carbocycles. The molecule has 1 fully saturated rings. The topological polar surface area (TPSA) is 102 Å². The number of benzene rings is 2. The van der Waals surface area contributed by atoms with Crippen LogP contribution in [0.1, 0.15) is 54.9 Å². The Kier molecular flexibility index (Phi) is 7.02. The standard InChI is InChI=1S/C28H30ClN5O3/c1-4-37-22-13-8-16(2)14-21(22)27-33-25-23(34(27)15-18-9-11-20(29)12-10-18)24(31-26(32-25)28(35)36)30-17(3)19-6-5-7-19/h8-14,17,19H,4-7,15H2,1-3H3,(H,35,36)(H,30,31,32). The average Bonchev–Trinajstić information content (AvgIpc) is 3.19. The molecular weight excluding hydrogens is 490 g/mol. The Bertz CT molecular complexity index is 1450. The van der Waals surface area contributed by atoms with Gasteiger partial charge in [0.15, 0.2) is 11.5 Å². The Balaban J connectivity index is 1.75.